The standard InChI is InChI=1S/C15H17BrFN3/c1-3-18-14(15-9-19-10(2)8-20-15)7-11-6-12(17)4-5-13(11)16/h4-6,8-9,14,18H,3,7H2,1-2H3. The first-order valence-electron chi connectivity index (χ1n) is 6.56. The van der Waals surface area contributed by atoms with Gasteiger partial charge in [-0.15, -0.1) is 0 Å². The lowest BCUT2D eigenvalue weighted by Crippen LogP contribution is -2.24. The highest BCUT2D eigenvalue weighted by Gasteiger charge is 2.15. The van der Waals surface area contributed by atoms with Crippen molar-refractivity contribution in [1.29, 1.82) is 0 Å². The third-order valence-electron chi connectivity index (χ3n) is 3.04. The van der Waals surface area contributed by atoms with Crippen molar-refractivity contribution in [3.63, 3.8) is 0 Å². The smallest absolute Gasteiger partial charge is 0.123 e. The number of aryl methyl sites for hydroxylation is 1. The molecule has 0 aliphatic carbocycles. The van der Waals surface area contributed by atoms with Crippen LogP contribution in [0.3, 0.4) is 0 Å². The van der Waals surface area contributed by atoms with Gasteiger partial charge in [-0.25, -0.2) is 4.39 Å². The molecule has 1 heterocycles. The predicted molar refractivity (Wildman–Crippen MR) is 81.0 cm³/mol. The number of likely N-dealkylation sites (N-methyl/N-ethyl adjacent to an activating group) is 1. The topological polar surface area (TPSA) is 37.8 Å². The molecule has 106 valence electrons. The van der Waals surface area contributed by atoms with E-state index in [1.165, 1.54) is 6.07 Å². The molecular formula is C15H17BrFN3. The van der Waals surface area contributed by atoms with E-state index in [-0.39, 0.29) is 11.9 Å². The van der Waals surface area contributed by atoms with E-state index in [0.717, 1.165) is 28.0 Å². The van der Waals surface area contributed by atoms with E-state index in [0.29, 0.717) is 6.42 Å². The van der Waals surface area contributed by atoms with Gasteiger partial charge < -0.3 is 5.32 Å². The molecule has 0 bridgehead atoms. The van der Waals surface area contributed by atoms with Crippen molar-refractivity contribution in [1.82, 2.24) is 15.3 Å². The summed E-state index contributed by atoms with van der Waals surface area (Å²) in [6.45, 7) is 4.75. The summed E-state index contributed by atoms with van der Waals surface area (Å²) >= 11 is 3.46. The van der Waals surface area contributed by atoms with Crippen LogP contribution in [0.15, 0.2) is 35.1 Å². The Morgan fingerprint density at radius 2 is 2.10 bits per heavy atom. The summed E-state index contributed by atoms with van der Waals surface area (Å²) in [5.74, 6) is -0.228. The Morgan fingerprint density at radius 3 is 2.75 bits per heavy atom. The fourth-order valence-corrected chi connectivity index (χ4v) is 2.44. The summed E-state index contributed by atoms with van der Waals surface area (Å²) in [6, 6.07) is 4.75. The summed E-state index contributed by atoms with van der Waals surface area (Å²) in [7, 11) is 0. The molecule has 2 aromatic rings. The highest BCUT2D eigenvalue weighted by Crippen LogP contribution is 2.23. The number of benzene rings is 1. The molecule has 1 N–H and O–H groups in total. The molecule has 0 saturated carbocycles. The molecule has 0 aliphatic heterocycles. The third kappa shape index (κ3) is 3.84. The van der Waals surface area contributed by atoms with E-state index in [1.54, 1.807) is 24.5 Å². The number of nitrogens with one attached hydrogen (secondary N) is 1. The van der Waals surface area contributed by atoms with Crippen LogP contribution in [0.4, 0.5) is 4.39 Å². The quantitative estimate of drug-likeness (QED) is 0.906. The largest absolute Gasteiger partial charge is 0.309 e. The predicted octanol–water partition coefficient (Wildman–Crippen LogP) is 3.58. The summed E-state index contributed by atoms with van der Waals surface area (Å²) in [4.78, 5) is 8.69. The van der Waals surface area contributed by atoms with Gasteiger partial charge in [0.15, 0.2) is 0 Å². The molecule has 2 rings (SSSR count). The summed E-state index contributed by atoms with van der Waals surface area (Å²) in [6.07, 6.45) is 4.18. The van der Waals surface area contributed by atoms with Gasteiger partial charge in [0, 0.05) is 10.7 Å². The lowest BCUT2D eigenvalue weighted by Gasteiger charge is -2.18. The van der Waals surface area contributed by atoms with Gasteiger partial charge in [0.25, 0.3) is 0 Å². The fourth-order valence-electron chi connectivity index (χ4n) is 2.03. The fraction of sp³-hybridized carbons (Fsp3) is 0.333. The van der Waals surface area contributed by atoms with Gasteiger partial charge in [0.05, 0.1) is 23.6 Å². The van der Waals surface area contributed by atoms with E-state index in [4.69, 9.17) is 0 Å². The monoisotopic (exact) mass is 337 g/mol. The Kier molecular flexibility index (Phi) is 5.20. The van der Waals surface area contributed by atoms with Gasteiger partial charge in [-0.1, -0.05) is 22.9 Å². The van der Waals surface area contributed by atoms with E-state index in [1.807, 2.05) is 13.8 Å². The van der Waals surface area contributed by atoms with Crippen LogP contribution < -0.4 is 5.32 Å². The average Bonchev–Trinajstić information content (AvgIpc) is 2.43. The minimum atomic E-state index is -0.228. The van der Waals surface area contributed by atoms with Crippen LogP contribution >= 0.6 is 15.9 Å². The first kappa shape index (κ1) is 15.1. The van der Waals surface area contributed by atoms with E-state index >= 15 is 0 Å². The Hall–Kier alpha value is -1.33. The first-order chi connectivity index (χ1) is 9.60. The molecule has 0 fully saturated rings. The van der Waals surface area contributed by atoms with Gasteiger partial charge >= 0.3 is 0 Å². The maximum absolute atomic E-state index is 13.4. The van der Waals surface area contributed by atoms with Crippen molar-refractivity contribution in [3.05, 3.63) is 57.8 Å². The van der Waals surface area contributed by atoms with Crippen LogP contribution in [-0.2, 0) is 6.42 Å². The molecule has 0 radical (unpaired) electrons. The second-order valence-electron chi connectivity index (χ2n) is 4.63. The zero-order valence-electron chi connectivity index (χ0n) is 11.5. The number of hydrogen-bond donors (Lipinski definition) is 1. The van der Waals surface area contributed by atoms with Crippen molar-refractivity contribution in [3.8, 4) is 0 Å². The van der Waals surface area contributed by atoms with Gasteiger partial charge in [-0.05, 0) is 43.7 Å². The Labute approximate surface area is 126 Å². The first-order valence-corrected chi connectivity index (χ1v) is 7.35. The molecule has 1 aromatic carbocycles. The molecule has 3 nitrogen and oxygen atoms in total. The highest BCUT2D eigenvalue weighted by molar-refractivity contribution is 9.10. The molecule has 1 atom stereocenters. The molecule has 0 saturated heterocycles. The van der Waals surface area contributed by atoms with Gasteiger partial charge in [-0.2, -0.15) is 0 Å². The lowest BCUT2D eigenvalue weighted by molar-refractivity contribution is 0.531. The van der Waals surface area contributed by atoms with Crippen molar-refractivity contribution in [2.24, 2.45) is 0 Å². The van der Waals surface area contributed by atoms with Crippen LogP contribution in [0.5, 0.6) is 0 Å². The molecule has 20 heavy (non-hydrogen) atoms. The molecule has 0 aliphatic rings. The zero-order valence-corrected chi connectivity index (χ0v) is 13.1. The Morgan fingerprint density at radius 1 is 1.30 bits per heavy atom. The number of rotatable bonds is 5. The second kappa shape index (κ2) is 6.90. The van der Waals surface area contributed by atoms with Gasteiger partial charge in [-0.3, -0.25) is 9.97 Å². The minimum absolute atomic E-state index is 0.0196. The average molecular weight is 338 g/mol. The van der Waals surface area contributed by atoms with Crippen molar-refractivity contribution < 1.29 is 4.39 Å². The molecule has 0 spiro atoms. The van der Waals surface area contributed by atoms with Crippen molar-refractivity contribution >= 4 is 15.9 Å². The normalized spacial score (nSPS) is 12.4. The van der Waals surface area contributed by atoms with Gasteiger partial charge in [0.1, 0.15) is 5.82 Å². The maximum Gasteiger partial charge on any atom is 0.123 e. The van der Waals surface area contributed by atoms with Crippen molar-refractivity contribution in [2.45, 2.75) is 26.3 Å². The number of aromatic nitrogens is 2. The second-order valence-corrected chi connectivity index (χ2v) is 5.49. The SMILES string of the molecule is CCNC(Cc1cc(F)ccc1Br)c1cnc(C)cn1. The molecule has 1 aromatic heterocycles. The van der Waals surface area contributed by atoms with E-state index in [2.05, 4.69) is 31.2 Å². The van der Waals surface area contributed by atoms with Gasteiger partial charge in [0.2, 0.25) is 0 Å². The van der Waals surface area contributed by atoms with E-state index in [9.17, 15) is 4.39 Å². The molecule has 1 unspecified atom stereocenters. The number of hydrogen-bond acceptors (Lipinski definition) is 3. The number of halogens is 2. The third-order valence-corrected chi connectivity index (χ3v) is 3.81. The Bertz CT molecular complexity index is 572. The zero-order chi connectivity index (χ0) is 14.5. The Balaban J connectivity index is 2.25. The lowest BCUT2D eigenvalue weighted by atomic mass is 10.0. The van der Waals surface area contributed by atoms with E-state index < -0.39 is 0 Å². The van der Waals surface area contributed by atoms with Crippen LogP contribution in [0.25, 0.3) is 0 Å². The van der Waals surface area contributed by atoms with Crippen LogP contribution in [0.1, 0.15) is 29.9 Å². The van der Waals surface area contributed by atoms with Crippen LogP contribution in [0, 0.1) is 12.7 Å². The van der Waals surface area contributed by atoms with Crippen LogP contribution in [-0.4, -0.2) is 16.5 Å². The minimum Gasteiger partial charge on any atom is -0.309 e. The van der Waals surface area contributed by atoms with Crippen LogP contribution in [0.2, 0.25) is 0 Å². The summed E-state index contributed by atoms with van der Waals surface area (Å²) < 4.78 is 14.3. The molecular weight excluding hydrogens is 321 g/mol. The van der Waals surface area contributed by atoms with Crippen molar-refractivity contribution in [2.75, 3.05) is 6.54 Å². The molecule has 5 heteroatoms. The highest BCUT2D eigenvalue weighted by atomic mass is 79.9. The summed E-state index contributed by atoms with van der Waals surface area (Å²) in [5.41, 5.74) is 2.67. The molecule has 0 amide bonds. The maximum atomic E-state index is 13.4. The summed E-state index contributed by atoms with van der Waals surface area (Å²) in [5, 5.41) is 3.37. The number of nitrogens with zero attached hydrogens (tertiary/aromatic N) is 2.